The molecule has 1 aliphatic carbocycles. The Morgan fingerprint density at radius 2 is 1.42 bits per heavy atom. The summed E-state index contributed by atoms with van der Waals surface area (Å²) in [6, 6.07) is 0. The van der Waals surface area contributed by atoms with Gasteiger partial charge in [-0.1, -0.05) is 0 Å². The lowest BCUT2D eigenvalue weighted by Crippen LogP contribution is -2.29. The second-order valence-corrected chi connectivity index (χ2v) is 3.44. The zero-order chi connectivity index (χ0) is 9.45. The van der Waals surface area contributed by atoms with Gasteiger partial charge in [0.2, 0.25) is 0 Å². The van der Waals surface area contributed by atoms with Crippen LogP contribution in [0.25, 0.3) is 0 Å². The molecule has 0 unspecified atom stereocenters. The Balaban J connectivity index is 0.000000354. The fourth-order valence-corrected chi connectivity index (χ4v) is 1.41. The third-order valence-corrected chi connectivity index (χ3v) is 2.11. The molecule has 1 rings (SSSR count). The molecule has 74 valence electrons. The van der Waals surface area contributed by atoms with Crippen molar-refractivity contribution in [3.63, 3.8) is 0 Å². The van der Waals surface area contributed by atoms with Gasteiger partial charge < -0.3 is 9.47 Å². The van der Waals surface area contributed by atoms with Crippen molar-refractivity contribution in [2.75, 3.05) is 19.6 Å². The Labute approximate surface area is 84.1 Å². The summed E-state index contributed by atoms with van der Waals surface area (Å²) < 4.78 is 10.5. The molecule has 4 heteroatoms. The van der Waals surface area contributed by atoms with Crippen LogP contribution in [0.15, 0.2) is 0 Å². The van der Waals surface area contributed by atoms with Gasteiger partial charge in [-0.2, -0.15) is 0 Å². The summed E-state index contributed by atoms with van der Waals surface area (Å²) in [5, 5.41) is 0.194. The lowest BCUT2D eigenvalue weighted by molar-refractivity contribution is -0.200. The highest BCUT2D eigenvalue weighted by Crippen LogP contribution is 2.32. The van der Waals surface area contributed by atoms with Crippen LogP contribution in [0.4, 0.5) is 0 Å². The van der Waals surface area contributed by atoms with Crippen LogP contribution in [0, 0.1) is 0 Å². The van der Waals surface area contributed by atoms with Crippen LogP contribution in [0.1, 0.15) is 25.7 Å². The largest absolute Gasteiger partial charge is 0.353 e. The van der Waals surface area contributed by atoms with Gasteiger partial charge in [-0.15, -0.1) is 23.2 Å². The topological polar surface area (TPSA) is 18.5 Å². The monoisotopic (exact) mass is 214 g/mol. The molecule has 2 nitrogen and oxygen atoms in total. The first-order valence-corrected chi connectivity index (χ1v) is 5.04. The van der Waals surface area contributed by atoms with E-state index in [9.17, 15) is 0 Å². The van der Waals surface area contributed by atoms with Crippen LogP contribution < -0.4 is 0 Å². The third kappa shape index (κ3) is 3.94. The van der Waals surface area contributed by atoms with Gasteiger partial charge in [0, 0.05) is 27.1 Å². The van der Waals surface area contributed by atoms with Crippen LogP contribution in [-0.4, -0.2) is 25.3 Å². The van der Waals surface area contributed by atoms with Gasteiger partial charge in [0.25, 0.3) is 0 Å². The summed E-state index contributed by atoms with van der Waals surface area (Å²) in [4.78, 5) is 0. The van der Waals surface area contributed by atoms with E-state index in [1.54, 1.807) is 14.2 Å². The number of methoxy groups -OCH3 is 2. The lowest BCUT2D eigenvalue weighted by Gasteiger charge is -2.24. The van der Waals surface area contributed by atoms with E-state index in [0.29, 0.717) is 0 Å². The molecule has 0 N–H and O–H groups in total. The Morgan fingerprint density at radius 1 is 1.08 bits per heavy atom. The van der Waals surface area contributed by atoms with Gasteiger partial charge in [-0.25, -0.2) is 0 Å². The van der Waals surface area contributed by atoms with E-state index in [-0.39, 0.29) is 11.1 Å². The lowest BCUT2D eigenvalue weighted by atomic mass is 10.2. The maximum Gasteiger partial charge on any atom is 0.167 e. The first kappa shape index (κ1) is 12.5. The van der Waals surface area contributed by atoms with Crippen LogP contribution >= 0.6 is 23.2 Å². The average molecular weight is 215 g/mol. The van der Waals surface area contributed by atoms with Crippen molar-refractivity contribution in [2.45, 2.75) is 31.5 Å². The number of hydrogen-bond acceptors (Lipinski definition) is 2. The maximum absolute atomic E-state index is 5.23. The van der Waals surface area contributed by atoms with Crippen molar-refractivity contribution >= 4 is 23.2 Å². The summed E-state index contributed by atoms with van der Waals surface area (Å²) in [6.45, 7) is 0. The minimum atomic E-state index is -0.222. The molecule has 0 bridgehead atoms. The average Bonchev–Trinajstić information content (AvgIpc) is 2.55. The third-order valence-electron chi connectivity index (χ3n) is 2.11. The molecular formula is C8H16Cl2O2. The van der Waals surface area contributed by atoms with E-state index in [4.69, 9.17) is 32.7 Å². The minimum absolute atomic E-state index is 0.194. The van der Waals surface area contributed by atoms with Gasteiger partial charge in [-0.05, 0) is 12.8 Å². The summed E-state index contributed by atoms with van der Waals surface area (Å²) in [5.41, 5.74) is 0. The van der Waals surface area contributed by atoms with Crippen molar-refractivity contribution in [1.29, 1.82) is 0 Å². The number of halogens is 2. The van der Waals surface area contributed by atoms with E-state index in [0.717, 1.165) is 12.8 Å². The highest BCUT2D eigenvalue weighted by atomic mass is 35.5. The Bertz CT molecular complexity index is 97.2. The van der Waals surface area contributed by atoms with Crippen molar-refractivity contribution in [3.8, 4) is 0 Å². The molecule has 0 aliphatic heterocycles. The molecule has 12 heavy (non-hydrogen) atoms. The first-order chi connectivity index (χ1) is 5.74. The van der Waals surface area contributed by atoms with Gasteiger partial charge in [0.05, 0.1) is 5.34 Å². The fourth-order valence-electron chi connectivity index (χ4n) is 1.41. The van der Waals surface area contributed by atoms with Gasteiger partial charge in [0.1, 0.15) is 0 Å². The molecule has 1 saturated carbocycles. The molecule has 1 aliphatic rings. The quantitative estimate of drug-likeness (QED) is 0.520. The summed E-state index contributed by atoms with van der Waals surface area (Å²) in [7, 11) is 3.43. The molecule has 0 spiro atoms. The highest BCUT2D eigenvalue weighted by molar-refractivity contribution is 6.40. The number of alkyl halides is 2. The van der Waals surface area contributed by atoms with Crippen LogP contribution in [0.2, 0.25) is 0 Å². The van der Waals surface area contributed by atoms with Crippen molar-refractivity contribution in [1.82, 2.24) is 0 Å². The SMILES string of the molecule is COC1(OC)CCCC1.ClCCl. The van der Waals surface area contributed by atoms with E-state index in [1.165, 1.54) is 12.8 Å². The molecule has 0 aromatic carbocycles. The van der Waals surface area contributed by atoms with Crippen molar-refractivity contribution < 1.29 is 9.47 Å². The van der Waals surface area contributed by atoms with Crippen LogP contribution in [0.5, 0.6) is 0 Å². The van der Waals surface area contributed by atoms with E-state index in [1.807, 2.05) is 0 Å². The molecular weight excluding hydrogens is 199 g/mol. The molecule has 0 atom stereocenters. The zero-order valence-corrected chi connectivity index (χ0v) is 9.12. The van der Waals surface area contributed by atoms with Crippen molar-refractivity contribution in [3.05, 3.63) is 0 Å². The van der Waals surface area contributed by atoms with Crippen LogP contribution in [0.3, 0.4) is 0 Å². The Kier molecular flexibility index (Phi) is 7.25. The zero-order valence-electron chi connectivity index (χ0n) is 7.61. The standard InChI is InChI=1S/C7H14O2.CH2Cl2/c1-8-7(9-2)5-3-4-6-7;2-1-3/h3-6H2,1-2H3;1H2. The summed E-state index contributed by atoms with van der Waals surface area (Å²) in [6.07, 6.45) is 4.59. The van der Waals surface area contributed by atoms with E-state index >= 15 is 0 Å². The predicted molar refractivity (Wildman–Crippen MR) is 51.8 cm³/mol. The van der Waals surface area contributed by atoms with Gasteiger partial charge >= 0.3 is 0 Å². The molecule has 0 saturated heterocycles. The van der Waals surface area contributed by atoms with Crippen LogP contribution in [-0.2, 0) is 9.47 Å². The Morgan fingerprint density at radius 3 is 1.58 bits per heavy atom. The van der Waals surface area contributed by atoms with E-state index in [2.05, 4.69) is 0 Å². The molecule has 0 aromatic heterocycles. The maximum atomic E-state index is 5.23. The Hall–Kier alpha value is 0.500. The highest BCUT2D eigenvalue weighted by Gasteiger charge is 2.32. The minimum Gasteiger partial charge on any atom is -0.353 e. The predicted octanol–water partition coefficient (Wildman–Crippen LogP) is 2.97. The normalized spacial score (nSPS) is 20.0. The molecule has 0 amide bonds. The van der Waals surface area contributed by atoms with Gasteiger partial charge in [0.15, 0.2) is 5.79 Å². The number of rotatable bonds is 2. The van der Waals surface area contributed by atoms with E-state index < -0.39 is 0 Å². The molecule has 0 heterocycles. The smallest absolute Gasteiger partial charge is 0.167 e. The molecule has 1 fully saturated rings. The summed E-state index contributed by atoms with van der Waals surface area (Å²) in [5.74, 6) is -0.222. The summed E-state index contributed by atoms with van der Waals surface area (Å²) >= 11 is 9.53. The number of ether oxygens (including phenoxy) is 2. The fraction of sp³-hybridized carbons (Fsp3) is 1.00. The molecule has 0 aromatic rings. The first-order valence-electron chi connectivity index (χ1n) is 3.97. The van der Waals surface area contributed by atoms with Gasteiger partial charge in [-0.3, -0.25) is 0 Å². The van der Waals surface area contributed by atoms with Crippen molar-refractivity contribution in [2.24, 2.45) is 0 Å². The second-order valence-electron chi connectivity index (χ2n) is 2.63. The second kappa shape index (κ2) is 6.96. The number of hydrogen-bond donors (Lipinski definition) is 0. The molecule has 0 radical (unpaired) electrons.